The van der Waals surface area contributed by atoms with Gasteiger partial charge in [-0.2, -0.15) is 5.26 Å². The molecule has 2 aromatic carbocycles. The monoisotopic (exact) mass is 439 g/mol. The first-order valence-electron chi connectivity index (χ1n) is 9.31. The summed E-state index contributed by atoms with van der Waals surface area (Å²) in [6.45, 7) is -0.572. The van der Waals surface area contributed by atoms with Crippen LogP contribution in [0.5, 0.6) is 5.75 Å². The second kappa shape index (κ2) is 9.21. The Balaban J connectivity index is 1.85. The zero-order chi connectivity index (χ0) is 22.8. The molecule has 1 aliphatic rings. The number of aliphatic hydroxyl groups excluding tert-OH is 4. The van der Waals surface area contributed by atoms with Crippen molar-refractivity contribution in [2.45, 2.75) is 43.3 Å². The van der Waals surface area contributed by atoms with Crippen LogP contribution in [0.25, 0.3) is 0 Å². The summed E-state index contributed by atoms with van der Waals surface area (Å²) in [6.07, 6.45) is -11.3. The van der Waals surface area contributed by atoms with Crippen molar-refractivity contribution in [2.75, 3.05) is 6.61 Å². The Morgan fingerprint density at radius 3 is 2.26 bits per heavy atom. The number of benzene rings is 2. The van der Waals surface area contributed by atoms with Gasteiger partial charge in [0, 0.05) is 0 Å². The summed E-state index contributed by atoms with van der Waals surface area (Å²) in [5.41, 5.74) is 1.84. The smallest absolute Gasteiger partial charge is 0.406 e. The molecule has 0 aliphatic carbocycles. The van der Waals surface area contributed by atoms with Gasteiger partial charge in [-0.15, -0.1) is 13.2 Å². The third-order valence-electron chi connectivity index (χ3n) is 5.02. The fourth-order valence-corrected chi connectivity index (χ4v) is 3.45. The lowest BCUT2D eigenvalue weighted by Gasteiger charge is -2.40. The van der Waals surface area contributed by atoms with Crippen molar-refractivity contribution in [3.63, 3.8) is 0 Å². The van der Waals surface area contributed by atoms with Crippen LogP contribution in [0.15, 0.2) is 42.5 Å². The summed E-state index contributed by atoms with van der Waals surface area (Å²) < 4.78 is 46.3. The highest BCUT2D eigenvalue weighted by molar-refractivity contribution is 5.44. The third-order valence-corrected chi connectivity index (χ3v) is 5.02. The molecule has 0 saturated carbocycles. The van der Waals surface area contributed by atoms with Crippen molar-refractivity contribution in [2.24, 2.45) is 0 Å². The summed E-state index contributed by atoms with van der Waals surface area (Å²) in [6, 6.07) is 11.8. The van der Waals surface area contributed by atoms with E-state index in [1.807, 2.05) is 6.07 Å². The number of nitrogens with zero attached hydrogens (tertiary/aromatic N) is 1. The second-order valence-corrected chi connectivity index (χ2v) is 7.15. The summed E-state index contributed by atoms with van der Waals surface area (Å²) in [7, 11) is 0. The van der Waals surface area contributed by atoms with Gasteiger partial charge < -0.3 is 29.9 Å². The first-order valence-corrected chi connectivity index (χ1v) is 9.31. The van der Waals surface area contributed by atoms with Crippen molar-refractivity contribution in [1.82, 2.24) is 0 Å². The van der Waals surface area contributed by atoms with E-state index in [1.54, 1.807) is 6.07 Å². The maximum atomic E-state index is 12.3. The molecule has 10 heteroatoms. The van der Waals surface area contributed by atoms with E-state index < -0.39 is 43.5 Å². The van der Waals surface area contributed by atoms with E-state index in [9.17, 15) is 38.9 Å². The molecule has 31 heavy (non-hydrogen) atoms. The number of alkyl halides is 3. The van der Waals surface area contributed by atoms with Gasteiger partial charge in [-0.05, 0) is 41.3 Å². The first kappa shape index (κ1) is 23.0. The maximum absolute atomic E-state index is 12.3. The van der Waals surface area contributed by atoms with Crippen LogP contribution in [0.1, 0.15) is 28.4 Å². The van der Waals surface area contributed by atoms with E-state index in [1.165, 1.54) is 24.3 Å². The minimum atomic E-state index is -4.80. The van der Waals surface area contributed by atoms with Gasteiger partial charge >= 0.3 is 6.36 Å². The van der Waals surface area contributed by atoms with E-state index in [0.29, 0.717) is 22.3 Å². The van der Waals surface area contributed by atoms with Crippen LogP contribution in [0, 0.1) is 11.3 Å². The molecule has 4 N–H and O–H groups in total. The molecule has 2 aromatic rings. The fourth-order valence-electron chi connectivity index (χ4n) is 3.45. The quantitative estimate of drug-likeness (QED) is 0.558. The van der Waals surface area contributed by atoms with Gasteiger partial charge in [0.2, 0.25) is 0 Å². The van der Waals surface area contributed by atoms with E-state index in [2.05, 4.69) is 4.74 Å². The average molecular weight is 439 g/mol. The Bertz CT molecular complexity index is 942. The van der Waals surface area contributed by atoms with Crippen LogP contribution in [0.2, 0.25) is 0 Å². The summed E-state index contributed by atoms with van der Waals surface area (Å²) in [4.78, 5) is 0. The number of aliphatic hydroxyl groups is 4. The molecule has 3 rings (SSSR count). The van der Waals surface area contributed by atoms with E-state index in [4.69, 9.17) is 4.74 Å². The Kier molecular flexibility index (Phi) is 6.83. The van der Waals surface area contributed by atoms with Gasteiger partial charge in [0.05, 0.1) is 18.2 Å². The molecule has 1 unspecified atom stereocenters. The van der Waals surface area contributed by atoms with Gasteiger partial charge in [-0.25, -0.2) is 0 Å². The lowest BCUT2D eigenvalue weighted by atomic mass is 9.89. The van der Waals surface area contributed by atoms with Crippen LogP contribution in [-0.2, 0) is 11.2 Å². The number of nitriles is 1. The molecule has 1 aliphatic heterocycles. The summed E-state index contributed by atoms with van der Waals surface area (Å²) >= 11 is 0. The number of halogens is 3. The van der Waals surface area contributed by atoms with Crippen LogP contribution >= 0.6 is 0 Å². The topological polar surface area (TPSA) is 123 Å². The molecule has 1 heterocycles. The number of rotatable bonds is 5. The number of hydrogen-bond acceptors (Lipinski definition) is 7. The van der Waals surface area contributed by atoms with E-state index in [0.717, 1.165) is 12.1 Å². The van der Waals surface area contributed by atoms with Crippen molar-refractivity contribution in [3.05, 3.63) is 64.7 Å². The molecule has 7 nitrogen and oxygen atoms in total. The molecule has 0 bridgehead atoms. The van der Waals surface area contributed by atoms with Crippen molar-refractivity contribution < 1.29 is 43.1 Å². The Morgan fingerprint density at radius 1 is 1.00 bits per heavy atom. The van der Waals surface area contributed by atoms with Crippen LogP contribution in [0.3, 0.4) is 0 Å². The minimum absolute atomic E-state index is 0.195. The summed E-state index contributed by atoms with van der Waals surface area (Å²) in [5.74, 6) is -0.369. The molecule has 5 atom stereocenters. The molecule has 166 valence electrons. The van der Waals surface area contributed by atoms with Gasteiger partial charge in [0.15, 0.2) is 0 Å². The van der Waals surface area contributed by atoms with Crippen molar-refractivity contribution in [3.8, 4) is 11.8 Å². The number of hydrogen-bond donors (Lipinski definition) is 4. The minimum Gasteiger partial charge on any atom is -0.406 e. The van der Waals surface area contributed by atoms with Gasteiger partial charge in [-0.1, -0.05) is 24.3 Å². The Labute approximate surface area is 175 Å². The van der Waals surface area contributed by atoms with E-state index in [-0.39, 0.29) is 12.2 Å². The normalized spacial score (nSPS) is 26.3. The van der Waals surface area contributed by atoms with Gasteiger partial charge in [0.1, 0.15) is 36.3 Å². The molecule has 0 aromatic heterocycles. The zero-order valence-corrected chi connectivity index (χ0v) is 16.0. The fraction of sp³-hybridized carbons (Fsp3) is 0.381. The predicted molar refractivity (Wildman–Crippen MR) is 99.8 cm³/mol. The Morgan fingerprint density at radius 2 is 1.68 bits per heavy atom. The van der Waals surface area contributed by atoms with Crippen molar-refractivity contribution in [1.29, 1.82) is 5.26 Å². The van der Waals surface area contributed by atoms with Crippen LogP contribution in [-0.4, -0.2) is 57.8 Å². The Hall–Kier alpha value is -2.68. The first-order chi connectivity index (χ1) is 14.6. The van der Waals surface area contributed by atoms with Crippen LogP contribution < -0.4 is 4.74 Å². The standard InChI is InChI=1S/C21H20F3NO6/c22-21(23,24)31-15-5-1-11(2-6-15)7-14-8-12(3-4-13(14)9-25)20-19(29)18(28)17(27)16(10-26)30-20/h1-6,8,16-20,26-29H,7,10H2/t16-,17-,18?,19-,20+/m1/s1. The third kappa shape index (κ3) is 5.33. The van der Waals surface area contributed by atoms with Crippen molar-refractivity contribution >= 4 is 0 Å². The van der Waals surface area contributed by atoms with Crippen LogP contribution in [0.4, 0.5) is 13.2 Å². The lowest BCUT2D eigenvalue weighted by Crippen LogP contribution is -2.55. The molecule has 0 radical (unpaired) electrons. The van der Waals surface area contributed by atoms with Gasteiger partial charge in [-0.3, -0.25) is 0 Å². The second-order valence-electron chi connectivity index (χ2n) is 7.15. The van der Waals surface area contributed by atoms with Gasteiger partial charge in [0.25, 0.3) is 0 Å². The highest BCUT2D eigenvalue weighted by Gasteiger charge is 2.44. The molecule has 0 spiro atoms. The molecular formula is C21H20F3NO6. The molecule has 1 saturated heterocycles. The molecule has 1 fully saturated rings. The average Bonchev–Trinajstić information content (AvgIpc) is 2.73. The lowest BCUT2D eigenvalue weighted by molar-refractivity contribution is -0.274. The number of ether oxygens (including phenoxy) is 2. The molecular weight excluding hydrogens is 419 g/mol. The largest absolute Gasteiger partial charge is 0.573 e. The maximum Gasteiger partial charge on any atom is 0.573 e. The highest BCUT2D eigenvalue weighted by Crippen LogP contribution is 2.33. The predicted octanol–water partition coefficient (Wildman–Crippen LogP) is 1.56. The molecule has 0 amide bonds. The SMILES string of the molecule is N#Cc1ccc([C@@H]2O[C@H](CO)[C@@H](O)C(O)[C@H]2O)cc1Cc1ccc(OC(F)(F)F)cc1. The summed E-state index contributed by atoms with van der Waals surface area (Å²) in [5, 5.41) is 49.0. The van der Waals surface area contributed by atoms with E-state index >= 15 is 0 Å². The zero-order valence-electron chi connectivity index (χ0n) is 16.0. The highest BCUT2D eigenvalue weighted by atomic mass is 19.4.